The van der Waals surface area contributed by atoms with E-state index in [1.165, 1.54) is 36.1 Å². The highest BCUT2D eigenvalue weighted by Crippen LogP contribution is 2.34. The van der Waals surface area contributed by atoms with Crippen molar-refractivity contribution in [2.75, 3.05) is 36.4 Å². The highest BCUT2D eigenvalue weighted by Gasteiger charge is 2.28. The van der Waals surface area contributed by atoms with Crippen LogP contribution in [0.15, 0.2) is 30.3 Å². The normalized spacial score (nSPS) is 18.9. The van der Waals surface area contributed by atoms with E-state index in [9.17, 15) is 9.90 Å². The Labute approximate surface area is 199 Å². The average molecular weight is 461 g/mol. The number of H-pyrrole nitrogens is 1. The second-order valence-electron chi connectivity index (χ2n) is 9.82. The molecule has 8 heteroatoms. The highest BCUT2D eigenvalue weighted by molar-refractivity contribution is 6.03. The van der Waals surface area contributed by atoms with Crippen LogP contribution in [0.2, 0.25) is 0 Å². The summed E-state index contributed by atoms with van der Waals surface area (Å²) in [6, 6.07) is 10.3. The number of anilines is 2. The van der Waals surface area contributed by atoms with E-state index in [2.05, 4.69) is 43.9 Å². The molecule has 2 aromatic carbocycles. The molecule has 4 N–H and O–H groups in total. The third kappa shape index (κ3) is 3.96. The smallest absolute Gasteiger partial charge is 0.258 e. The molecule has 6 rings (SSSR count). The van der Waals surface area contributed by atoms with Gasteiger partial charge in [0.05, 0.1) is 11.1 Å². The number of phenols is 1. The summed E-state index contributed by atoms with van der Waals surface area (Å²) in [7, 11) is 0. The first-order valence-electron chi connectivity index (χ1n) is 12.5. The number of aromatic nitrogens is 2. The van der Waals surface area contributed by atoms with Gasteiger partial charge in [-0.15, -0.1) is 0 Å². The summed E-state index contributed by atoms with van der Waals surface area (Å²) in [6.45, 7) is 5.11. The summed E-state index contributed by atoms with van der Waals surface area (Å²) in [5.41, 5.74) is 4.65. The summed E-state index contributed by atoms with van der Waals surface area (Å²) in [5.74, 6) is 0.605. The van der Waals surface area contributed by atoms with Crippen LogP contribution in [-0.4, -0.2) is 58.3 Å². The molecule has 2 fully saturated rings. The molecule has 34 heavy (non-hydrogen) atoms. The number of hydrogen-bond donors (Lipinski definition) is 4. The van der Waals surface area contributed by atoms with Gasteiger partial charge in [-0.3, -0.25) is 9.89 Å². The van der Waals surface area contributed by atoms with Crippen molar-refractivity contribution in [2.24, 2.45) is 0 Å². The molecule has 3 aromatic rings. The van der Waals surface area contributed by atoms with Crippen molar-refractivity contribution in [2.45, 2.75) is 51.2 Å². The minimum absolute atomic E-state index is 0.0113. The Bertz CT molecular complexity index is 1210. The number of phenolic OH excluding ortho intramolecular Hbond substituents is 1. The highest BCUT2D eigenvalue weighted by atomic mass is 16.3. The van der Waals surface area contributed by atoms with Crippen LogP contribution in [0.4, 0.5) is 11.5 Å². The van der Waals surface area contributed by atoms with Gasteiger partial charge in [0.15, 0.2) is 5.82 Å². The maximum atomic E-state index is 13.5. The van der Waals surface area contributed by atoms with Crippen molar-refractivity contribution in [3.05, 3.63) is 47.0 Å². The van der Waals surface area contributed by atoms with E-state index in [0.717, 1.165) is 55.7 Å². The Morgan fingerprint density at radius 1 is 1.03 bits per heavy atom. The van der Waals surface area contributed by atoms with Gasteiger partial charge < -0.3 is 25.5 Å². The number of carbonyl (C=O) groups is 1. The van der Waals surface area contributed by atoms with E-state index < -0.39 is 0 Å². The van der Waals surface area contributed by atoms with Gasteiger partial charge in [-0.2, -0.15) is 5.10 Å². The van der Waals surface area contributed by atoms with Gasteiger partial charge in [0, 0.05) is 62.5 Å². The lowest BCUT2D eigenvalue weighted by atomic mass is 9.95. The molecule has 0 atom stereocenters. The number of aromatic hydroxyl groups is 1. The zero-order valence-electron chi connectivity index (χ0n) is 19.4. The third-order valence-corrected chi connectivity index (χ3v) is 7.54. The monoisotopic (exact) mass is 460 g/mol. The van der Waals surface area contributed by atoms with E-state index >= 15 is 0 Å². The predicted octanol–water partition coefficient (Wildman–Crippen LogP) is 3.58. The van der Waals surface area contributed by atoms with Gasteiger partial charge >= 0.3 is 0 Å². The third-order valence-electron chi connectivity index (χ3n) is 7.54. The fraction of sp³-hybridized carbons (Fsp3) is 0.462. The Balaban J connectivity index is 1.22. The fourth-order valence-electron chi connectivity index (χ4n) is 5.59. The first-order chi connectivity index (χ1) is 16.7. The second-order valence-corrected chi connectivity index (χ2v) is 9.82. The van der Waals surface area contributed by atoms with Gasteiger partial charge in [0.1, 0.15) is 5.75 Å². The number of rotatable bonds is 4. The minimum Gasteiger partial charge on any atom is -0.507 e. The molecule has 0 radical (unpaired) electrons. The lowest BCUT2D eigenvalue weighted by Crippen LogP contribution is -2.43. The van der Waals surface area contributed by atoms with Crippen LogP contribution in [-0.2, 0) is 13.1 Å². The summed E-state index contributed by atoms with van der Waals surface area (Å²) < 4.78 is 0. The first-order valence-corrected chi connectivity index (χ1v) is 12.5. The topological polar surface area (TPSA) is 96.5 Å². The average Bonchev–Trinajstić information content (AvgIpc) is 3.47. The van der Waals surface area contributed by atoms with E-state index in [-0.39, 0.29) is 11.7 Å². The summed E-state index contributed by atoms with van der Waals surface area (Å²) in [6.07, 6.45) is 6.04. The maximum absolute atomic E-state index is 13.5. The van der Waals surface area contributed by atoms with Gasteiger partial charge in [-0.1, -0.05) is 25.3 Å². The molecule has 0 unspecified atom stereocenters. The van der Waals surface area contributed by atoms with Gasteiger partial charge in [-0.05, 0) is 42.2 Å². The Hall–Kier alpha value is -3.26. The number of nitrogens with one attached hydrogen (secondary N) is 3. The number of amides is 1. The lowest BCUT2D eigenvalue weighted by Gasteiger charge is -2.29. The molecule has 1 aromatic heterocycles. The van der Waals surface area contributed by atoms with Crippen molar-refractivity contribution in [3.8, 4) is 5.75 Å². The minimum atomic E-state index is -0.149. The Kier molecular flexibility index (Phi) is 5.53. The number of nitrogens with zero attached hydrogens (tertiary/aromatic N) is 3. The Morgan fingerprint density at radius 2 is 1.82 bits per heavy atom. The molecule has 0 spiro atoms. The van der Waals surface area contributed by atoms with Crippen LogP contribution in [0.3, 0.4) is 0 Å². The number of fused-ring (bicyclic) bond motifs is 2. The summed E-state index contributed by atoms with van der Waals surface area (Å²) >= 11 is 0. The molecule has 1 amide bonds. The lowest BCUT2D eigenvalue weighted by molar-refractivity contribution is 0.0748. The number of aromatic amines is 1. The van der Waals surface area contributed by atoms with E-state index in [4.69, 9.17) is 0 Å². The van der Waals surface area contributed by atoms with E-state index in [1.54, 1.807) is 12.1 Å². The molecule has 3 heterocycles. The zero-order chi connectivity index (χ0) is 23.1. The largest absolute Gasteiger partial charge is 0.507 e. The van der Waals surface area contributed by atoms with Gasteiger partial charge in [-0.25, -0.2) is 0 Å². The molecule has 1 saturated carbocycles. The van der Waals surface area contributed by atoms with Gasteiger partial charge in [0.25, 0.3) is 5.91 Å². The van der Waals surface area contributed by atoms with Crippen molar-refractivity contribution in [3.63, 3.8) is 0 Å². The molecule has 1 saturated heterocycles. The molecular formula is C26H32N6O2. The molecule has 3 aliphatic rings. The van der Waals surface area contributed by atoms with Crippen LogP contribution >= 0.6 is 0 Å². The number of hydrogen-bond acceptors (Lipinski definition) is 6. The van der Waals surface area contributed by atoms with Crippen molar-refractivity contribution < 1.29 is 9.90 Å². The molecule has 178 valence electrons. The summed E-state index contributed by atoms with van der Waals surface area (Å²) in [4.78, 5) is 17.7. The van der Waals surface area contributed by atoms with Crippen molar-refractivity contribution in [1.29, 1.82) is 0 Å². The molecule has 1 aliphatic carbocycles. The quantitative estimate of drug-likeness (QED) is 0.475. The maximum Gasteiger partial charge on any atom is 0.258 e. The number of carbonyl (C=O) groups excluding carboxylic acids is 1. The number of benzene rings is 2. The van der Waals surface area contributed by atoms with Crippen LogP contribution in [0.25, 0.3) is 10.9 Å². The van der Waals surface area contributed by atoms with E-state index in [0.29, 0.717) is 24.7 Å². The predicted molar refractivity (Wildman–Crippen MR) is 133 cm³/mol. The van der Waals surface area contributed by atoms with Crippen LogP contribution < -0.4 is 15.5 Å². The van der Waals surface area contributed by atoms with E-state index in [1.807, 2.05) is 4.90 Å². The van der Waals surface area contributed by atoms with Crippen LogP contribution in [0.1, 0.15) is 53.6 Å². The van der Waals surface area contributed by atoms with Crippen molar-refractivity contribution in [1.82, 2.24) is 20.4 Å². The molecule has 8 nitrogen and oxygen atoms in total. The molecule has 0 bridgehead atoms. The van der Waals surface area contributed by atoms with Crippen LogP contribution in [0.5, 0.6) is 5.75 Å². The van der Waals surface area contributed by atoms with Crippen molar-refractivity contribution >= 4 is 28.3 Å². The second kappa shape index (κ2) is 8.83. The first kappa shape index (κ1) is 21.3. The number of piperazine rings is 1. The SMILES string of the molecule is O=C(c1cc2c(NC3CCCCC3)n[nH]c2cc1O)N1Cc2ccc(N3CCNCC3)cc2C1. The fourth-order valence-corrected chi connectivity index (χ4v) is 5.59. The standard InChI is InChI=1S/C26H32N6O2/c33-24-14-23-21(25(30-29-23)28-19-4-2-1-3-5-19)13-22(24)26(34)32-15-17-6-7-20(12-18(17)16-32)31-10-8-27-9-11-31/h6-7,12-14,19,27,33H,1-5,8-11,15-16H2,(H2,28,29,30). The zero-order valence-corrected chi connectivity index (χ0v) is 19.4. The summed E-state index contributed by atoms with van der Waals surface area (Å²) in [5, 5.41) is 25.9. The molecular weight excluding hydrogens is 428 g/mol. The van der Waals surface area contributed by atoms with Crippen LogP contribution in [0, 0.1) is 0 Å². The molecule has 2 aliphatic heterocycles. The Morgan fingerprint density at radius 3 is 2.65 bits per heavy atom. The van der Waals surface area contributed by atoms with Gasteiger partial charge in [0.2, 0.25) is 0 Å².